The lowest BCUT2D eigenvalue weighted by Crippen LogP contribution is -2.40. The SMILES string of the molecule is CC(C)C(=O)[C@H](CN1CCC(O)CC1)c1ccc(Cl)c(Cl)c1. The molecule has 2 rings (SSSR count). The standard InChI is InChI=1S/C17H23Cl2NO2/c1-11(2)17(22)14(10-20-7-5-13(21)6-8-20)12-3-4-15(18)16(19)9-12/h3-4,9,11,13-14,21H,5-8,10H2,1-2H3/t14-/m1/s1. The number of likely N-dealkylation sites (tertiary alicyclic amines) is 1. The van der Waals surface area contributed by atoms with Gasteiger partial charge in [0.2, 0.25) is 0 Å². The van der Waals surface area contributed by atoms with E-state index < -0.39 is 0 Å². The van der Waals surface area contributed by atoms with Gasteiger partial charge in [0, 0.05) is 25.6 Å². The molecule has 1 aliphatic heterocycles. The van der Waals surface area contributed by atoms with E-state index in [4.69, 9.17) is 23.2 Å². The highest BCUT2D eigenvalue weighted by molar-refractivity contribution is 6.42. The summed E-state index contributed by atoms with van der Waals surface area (Å²) in [6, 6.07) is 5.44. The van der Waals surface area contributed by atoms with Gasteiger partial charge in [0.1, 0.15) is 5.78 Å². The maximum Gasteiger partial charge on any atom is 0.144 e. The maximum absolute atomic E-state index is 12.6. The van der Waals surface area contributed by atoms with E-state index in [2.05, 4.69) is 4.90 Å². The molecule has 22 heavy (non-hydrogen) atoms. The average molecular weight is 344 g/mol. The van der Waals surface area contributed by atoms with Crippen LogP contribution in [0.15, 0.2) is 18.2 Å². The number of aliphatic hydroxyl groups excluding tert-OH is 1. The minimum atomic E-state index is -0.208. The third-order valence-electron chi connectivity index (χ3n) is 4.26. The van der Waals surface area contributed by atoms with E-state index in [0.29, 0.717) is 16.6 Å². The molecule has 5 heteroatoms. The molecule has 0 aliphatic carbocycles. The van der Waals surface area contributed by atoms with Crippen molar-refractivity contribution in [1.82, 2.24) is 4.90 Å². The molecule has 122 valence electrons. The molecule has 0 aromatic heterocycles. The number of carbonyl (C=O) groups excluding carboxylic acids is 1. The lowest BCUT2D eigenvalue weighted by molar-refractivity contribution is -0.124. The molecule has 1 aliphatic rings. The van der Waals surface area contributed by atoms with Crippen LogP contribution in [0.4, 0.5) is 0 Å². The molecular weight excluding hydrogens is 321 g/mol. The van der Waals surface area contributed by atoms with Crippen molar-refractivity contribution < 1.29 is 9.90 Å². The Kier molecular flexibility index (Phi) is 6.27. The predicted molar refractivity (Wildman–Crippen MR) is 90.7 cm³/mol. The lowest BCUT2D eigenvalue weighted by Gasteiger charge is -2.32. The molecule has 0 unspecified atom stereocenters. The zero-order chi connectivity index (χ0) is 16.3. The molecule has 0 spiro atoms. The van der Waals surface area contributed by atoms with Crippen LogP contribution < -0.4 is 0 Å². The predicted octanol–water partition coefficient (Wildman–Crippen LogP) is 3.76. The molecule has 1 N–H and O–H groups in total. The van der Waals surface area contributed by atoms with Crippen LogP contribution in [0.5, 0.6) is 0 Å². The van der Waals surface area contributed by atoms with Gasteiger partial charge in [-0.2, -0.15) is 0 Å². The van der Waals surface area contributed by atoms with Crippen molar-refractivity contribution in [2.75, 3.05) is 19.6 Å². The van der Waals surface area contributed by atoms with Crippen LogP contribution in [0.2, 0.25) is 10.0 Å². The van der Waals surface area contributed by atoms with E-state index in [-0.39, 0.29) is 23.7 Å². The Labute approximate surface area is 142 Å². The molecule has 1 aromatic rings. The molecular formula is C17H23Cl2NO2. The second kappa shape index (κ2) is 7.78. The van der Waals surface area contributed by atoms with Gasteiger partial charge in [0.15, 0.2) is 0 Å². The van der Waals surface area contributed by atoms with Crippen LogP contribution in [0.1, 0.15) is 38.2 Å². The van der Waals surface area contributed by atoms with Gasteiger partial charge in [-0.15, -0.1) is 0 Å². The highest BCUT2D eigenvalue weighted by atomic mass is 35.5. The maximum atomic E-state index is 12.6. The van der Waals surface area contributed by atoms with E-state index in [1.807, 2.05) is 19.9 Å². The monoisotopic (exact) mass is 343 g/mol. The summed E-state index contributed by atoms with van der Waals surface area (Å²) in [7, 11) is 0. The second-order valence-electron chi connectivity index (χ2n) is 6.31. The number of carbonyl (C=O) groups is 1. The summed E-state index contributed by atoms with van der Waals surface area (Å²) in [6.07, 6.45) is 1.33. The molecule has 1 heterocycles. The summed E-state index contributed by atoms with van der Waals surface area (Å²) in [5.74, 6) is -0.0237. The fourth-order valence-corrected chi connectivity index (χ4v) is 3.16. The largest absolute Gasteiger partial charge is 0.393 e. The number of hydrogen-bond acceptors (Lipinski definition) is 3. The topological polar surface area (TPSA) is 40.5 Å². The van der Waals surface area contributed by atoms with Gasteiger partial charge >= 0.3 is 0 Å². The van der Waals surface area contributed by atoms with Crippen molar-refractivity contribution in [3.63, 3.8) is 0 Å². The second-order valence-corrected chi connectivity index (χ2v) is 7.13. The first-order valence-electron chi connectivity index (χ1n) is 7.77. The molecule has 1 atom stereocenters. The van der Waals surface area contributed by atoms with E-state index in [1.54, 1.807) is 12.1 Å². The number of benzene rings is 1. The van der Waals surface area contributed by atoms with E-state index >= 15 is 0 Å². The summed E-state index contributed by atoms with van der Waals surface area (Å²) in [4.78, 5) is 14.9. The van der Waals surface area contributed by atoms with Gasteiger partial charge in [-0.05, 0) is 30.5 Å². The molecule has 3 nitrogen and oxygen atoms in total. The minimum absolute atomic E-state index is 0.0326. The Bertz CT molecular complexity index is 525. The van der Waals surface area contributed by atoms with E-state index in [1.165, 1.54) is 0 Å². The molecule has 0 saturated carbocycles. The normalized spacial score (nSPS) is 18.6. The Balaban J connectivity index is 2.19. The number of Topliss-reactive ketones (excluding diaryl/α,β-unsaturated/α-hetero) is 1. The van der Waals surface area contributed by atoms with Crippen LogP contribution in [0, 0.1) is 5.92 Å². The minimum Gasteiger partial charge on any atom is -0.393 e. The highest BCUT2D eigenvalue weighted by Crippen LogP contribution is 2.29. The third-order valence-corrected chi connectivity index (χ3v) is 5.00. The van der Waals surface area contributed by atoms with Gasteiger partial charge < -0.3 is 10.0 Å². The van der Waals surface area contributed by atoms with Gasteiger partial charge in [-0.25, -0.2) is 0 Å². The highest BCUT2D eigenvalue weighted by Gasteiger charge is 2.27. The van der Waals surface area contributed by atoms with E-state index in [9.17, 15) is 9.90 Å². The Morgan fingerprint density at radius 1 is 1.27 bits per heavy atom. The zero-order valence-corrected chi connectivity index (χ0v) is 14.6. The summed E-state index contributed by atoms with van der Waals surface area (Å²) < 4.78 is 0. The van der Waals surface area contributed by atoms with Crippen molar-refractivity contribution in [3.8, 4) is 0 Å². The first kappa shape index (κ1) is 17.7. The summed E-state index contributed by atoms with van der Waals surface area (Å²) >= 11 is 12.1. The van der Waals surface area contributed by atoms with Crippen LogP contribution in [-0.4, -0.2) is 41.5 Å². The molecule has 0 radical (unpaired) electrons. The number of piperidine rings is 1. The fourth-order valence-electron chi connectivity index (χ4n) is 2.85. The number of nitrogens with zero attached hydrogens (tertiary/aromatic N) is 1. The van der Waals surface area contributed by atoms with Gasteiger partial charge in [-0.3, -0.25) is 4.79 Å². The summed E-state index contributed by atoms with van der Waals surface area (Å²) in [6.45, 7) is 6.16. The third kappa shape index (κ3) is 4.45. The van der Waals surface area contributed by atoms with Crippen molar-refractivity contribution in [1.29, 1.82) is 0 Å². The number of hydrogen-bond donors (Lipinski definition) is 1. The van der Waals surface area contributed by atoms with Crippen LogP contribution in [0.3, 0.4) is 0 Å². The lowest BCUT2D eigenvalue weighted by atomic mass is 9.88. The van der Waals surface area contributed by atoms with Crippen LogP contribution in [0.25, 0.3) is 0 Å². The van der Waals surface area contributed by atoms with Gasteiger partial charge in [0.25, 0.3) is 0 Å². The van der Waals surface area contributed by atoms with Crippen molar-refractivity contribution >= 4 is 29.0 Å². The van der Waals surface area contributed by atoms with Gasteiger partial charge in [-0.1, -0.05) is 43.1 Å². The first-order chi connectivity index (χ1) is 10.4. The van der Waals surface area contributed by atoms with Crippen molar-refractivity contribution in [3.05, 3.63) is 33.8 Å². The van der Waals surface area contributed by atoms with Crippen molar-refractivity contribution in [2.24, 2.45) is 5.92 Å². The smallest absolute Gasteiger partial charge is 0.144 e. The Hall–Kier alpha value is -0.610. The molecule has 1 saturated heterocycles. The van der Waals surface area contributed by atoms with Crippen molar-refractivity contribution in [2.45, 2.75) is 38.7 Å². The number of ketones is 1. The summed E-state index contributed by atoms with van der Waals surface area (Å²) in [5, 5.41) is 10.6. The van der Waals surface area contributed by atoms with Crippen LogP contribution >= 0.6 is 23.2 Å². The molecule has 1 aromatic carbocycles. The first-order valence-corrected chi connectivity index (χ1v) is 8.53. The average Bonchev–Trinajstić information content (AvgIpc) is 2.49. The summed E-state index contributed by atoms with van der Waals surface area (Å²) in [5.41, 5.74) is 0.916. The Morgan fingerprint density at radius 2 is 1.91 bits per heavy atom. The van der Waals surface area contributed by atoms with Gasteiger partial charge in [0.05, 0.1) is 22.1 Å². The molecule has 1 fully saturated rings. The Morgan fingerprint density at radius 3 is 2.45 bits per heavy atom. The fraction of sp³-hybridized carbons (Fsp3) is 0.588. The van der Waals surface area contributed by atoms with Crippen LogP contribution in [-0.2, 0) is 4.79 Å². The number of aliphatic hydroxyl groups is 1. The molecule has 0 amide bonds. The zero-order valence-electron chi connectivity index (χ0n) is 13.1. The molecule has 0 bridgehead atoms. The quantitative estimate of drug-likeness (QED) is 0.884. The van der Waals surface area contributed by atoms with E-state index in [0.717, 1.165) is 31.5 Å². The number of halogens is 2. The number of rotatable bonds is 5.